The first-order valence-electron chi connectivity index (χ1n) is 6.61. The van der Waals surface area contributed by atoms with Crippen molar-refractivity contribution in [2.45, 2.75) is 38.6 Å². The molecule has 0 aliphatic heterocycles. The molecule has 1 amide bonds. The number of carboxylic acid groups (broad SMARTS) is 1. The number of hydrogen-bond donors (Lipinski definition) is 2. The number of aryl methyl sites for hydroxylation is 1. The third kappa shape index (κ3) is 4.39. The molecule has 19 heavy (non-hydrogen) atoms. The van der Waals surface area contributed by atoms with E-state index in [1.165, 1.54) is 0 Å². The highest BCUT2D eigenvalue weighted by Crippen LogP contribution is 2.34. The first-order valence-corrected chi connectivity index (χ1v) is 6.61. The molecule has 1 aliphatic rings. The van der Waals surface area contributed by atoms with Crippen LogP contribution in [0.3, 0.4) is 0 Å². The van der Waals surface area contributed by atoms with Crippen LogP contribution < -0.4 is 5.32 Å². The normalized spacial score (nSPS) is 15.8. The average molecular weight is 261 g/mol. The molecule has 102 valence electrons. The summed E-state index contributed by atoms with van der Waals surface area (Å²) < 4.78 is 0. The van der Waals surface area contributed by atoms with E-state index in [4.69, 9.17) is 5.11 Å². The summed E-state index contributed by atoms with van der Waals surface area (Å²) in [6.07, 6.45) is 2.36. The van der Waals surface area contributed by atoms with E-state index in [9.17, 15) is 9.59 Å². The zero-order chi connectivity index (χ0) is 13.8. The number of carbonyl (C=O) groups excluding carboxylic acids is 1. The summed E-state index contributed by atoms with van der Waals surface area (Å²) in [5, 5.41) is 11.7. The maximum Gasteiger partial charge on any atom is 0.305 e. The molecule has 4 nitrogen and oxygen atoms in total. The molecule has 1 fully saturated rings. The van der Waals surface area contributed by atoms with Gasteiger partial charge in [-0.2, -0.15) is 0 Å². The molecule has 1 unspecified atom stereocenters. The number of nitrogens with one attached hydrogen (secondary N) is 1. The molecule has 2 N–H and O–H groups in total. The largest absolute Gasteiger partial charge is 0.481 e. The van der Waals surface area contributed by atoms with Gasteiger partial charge >= 0.3 is 5.97 Å². The fourth-order valence-electron chi connectivity index (χ4n) is 2.29. The van der Waals surface area contributed by atoms with Gasteiger partial charge in [0.15, 0.2) is 0 Å². The lowest BCUT2D eigenvalue weighted by Gasteiger charge is -2.16. The Morgan fingerprint density at radius 3 is 2.74 bits per heavy atom. The maximum absolute atomic E-state index is 11.9. The van der Waals surface area contributed by atoms with Gasteiger partial charge in [-0.15, -0.1) is 0 Å². The van der Waals surface area contributed by atoms with Gasteiger partial charge in [0.25, 0.3) is 0 Å². The predicted molar refractivity (Wildman–Crippen MR) is 71.8 cm³/mol. The zero-order valence-electron chi connectivity index (χ0n) is 11.1. The van der Waals surface area contributed by atoms with Crippen molar-refractivity contribution in [2.24, 2.45) is 5.92 Å². The van der Waals surface area contributed by atoms with Gasteiger partial charge in [-0.05, 0) is 31.2 Å². The highest BCUT2D eigenvalue weighted by atomic mass is 16.4. The van der Waals surface area contributed by atoms with Gasteiger partial charge < -0.3 is 10.4 Å². The number of amides is 1. The Hall–Kier alpha value is -1.84. The monoisotopic (exact) mass is 261 g/mol. The third-order valence-corrected chi connectivity index (χ3v) is 3.38. The third-order valence-electron chi connectivity index (χ3n) is 3.38. The van der Waals surface area contributed by atoms with Crippen molar-refractivity contribution >= 4 is 11.9 Å². The molecule has 1 saturated carbocycles. The summed E-state index contributed by atoms with van der Waals surface area (Å²) in [5.41, 5.74) is 2.08. The molecule has 0 bridgehead atoms. The highest BCUT2D eigenvalue weighted by molar-refractivity contribution is 5.79. The van der Waals surface area contributed by atoms with Crippen LogP contribution in [-0.2, 0) is 16.0 Å². The molecular formula is C15H19NO3. The second-order valence-corrected chi connectivity index (χ2v) is 5.28. The van der Waals surface area contributed by atoms with Crippen LogP contribution in [0.2, 0.25) is 0 Å². The first kappa shape index (κ1) is 13.6. The van der Waals surface area contributed by atoms with Crippen LogP contribution in [0.4, 0.5) is 0 Å². The number of carbonyl (C=O) groups is 2. The van der Waals surface area contributed by atoms with Gasteiger partial charge in [0.05, 0.1) is 12.8 Å². The summed E-state index contributed by atoms with van der Waals surface area (Å²) in [7, 11) is 0. The minimum Gasteiger partial charge on any atom is -0.481 e. The van der Waals surface area contributed by atoms with Gasteiger partial charge in [0, 0.05) is 6.04 Å². The van der Waals surface area contributed by atoms with Crippen LogP contribution >= 0.6 is 0 Å². The number of aliphatic carboxylic acids is 1. The van der Waals surface area contributed by atoms with Crippen molar-refractivity contribution in [1.82, 2.24) is 5.32 Å². The van der Waals surface area contributed by atoms with Crippen LogP contribution in [0.15, 0.2) is 24.3 Å². The summed E-state index contributed by atoms with van der Waals surface area (Å²) in [6.45, 7) is 1.98. The van der Waals surface area contributed by atoms with E-state index in [0.29, 0.717) is 12.3 Å². The van der Waals surface area contributed by atoms with Crippen LogP contribution in [0.1, 0.15) is 30.4 Å². The highest BCUT2D eigenvalue weighted by Gasteiger charge is 2.33. The molecular weight excluding hydrogens is 242 g/mol. The van der Waals surface area contributed by atoms with E-state index in [-0.39, 0.29) is 18.4 Å². The lowest BCUT2D eigenvalue weighted by atomic mass is 10.1. The Balaban J connectivity index is 1.90. The second-order valence-electron chi connectivity index (χ2n) is 5.28. The Morgan fingerprint density at radius 2 is 2.16 bits per heavy atom. The molecule has 1 atom stereocenters. The lowest BCUT2D eigenvalue weighted by Crippen LogP contribution is -2.38. The minimum absolute atomic E-state index is 0.0181. The number of hydrogen-bond acceptors (Lipinski definition) is 2. The Labute approximate surface area is 112 Å². The molecule has 0 aromatic heterocycles. The number of rotatable bonds is 6. The SMILES string of the molecule is Cc1cccc(CC(=O)NC(CC(=O)O)C2CC2)c1. The van der Waals surface area contributed by atoms with Gasteiger partial charge in [0.2, 0.25) is 5.91 Å². The van der Waals surface area contributed by atoms with E-state index in [1.807, 2.05) is 31.2 Å². The van der Waals surface area contributed by atoms with E-state index >= 15 is 0 Å². The topological polar surface area (TPSA) is 66.4 Å². The molecule has 2 rings (SSSR count). The fourth-order valence-corrected chi connectivity index (χ4v) is 2.29. The molecule has 0 radical (unpaired) electrons. The lowest BCUT2D eigenvalue weighted by molar-refractivity contribution is -0.137. The Morgan fingerprint density at radius 1 is 1.42 bits per heavy atom. The fraction of sp³-hybridized carbons (Fsp3) is 0.467. The van der Waals surface area contributed by atoms with Crippen LogP contribution in [0.25, 0.3) is 0 Å². The van der Waals surface area contributed by atoms with Crippen molar-refractivity contribution in [2.75, 3.05) is 0 Å². The summed E-state index contributed by atoms with van der Waals surface area (Å²) in [6, 6.07) is 7.58. The van der Waals surface area contributed by atoms with Gasteiger partial charge in [-0.1, -0.05) is 29.8 Å². The Bertz CT molecular complexity index is 480. The Kier molecular flexibility index (Phi) is 4.20. The molecule has 0 heterocycles. The molecule has 1 aliphatic carbocycles. The second kappa shape index (κ2) is 5.87. The molecule has 0 saturated heterocycles. The van der Waals surface area contributed by atoms with Crippen molar-refractivity contribution in [1.29, 1.82) is 0 Å². The van der Waals surface area contributed by atoms with Gasteiger partial charge in [-0.3, -0.25) is 9.59 Å². The van der Waals surface area contributed by atoms with Crippen LogP contribution in [-0.4, -0.2) is 23.0 Å². The summed E-state index contributed by atoms with van der Waals surface area (Å²) >= 11 is 0. The van der Waals surface area contributed by atoms with Crippen molar-refractivity contribution in [3.63, 3.8) is 0 Å². The standard InChI is InChI=1S/C15H19NO3/c1-10-3-2-4-11(7-10)8-14(17)16-13(9-15(18)19)12-5-6-12/h2-4,7,12-13H,5-6,8-9H2,1H3,(H,16,17)(H,18,19). The minimum atomic E-state index is -0.854. The predicted octanol–water partition coefficient (Wildman–Crippen LogP) is 1.91. The summed E-state index contributed by atoms with van der Waals surface area (Å²) in [4.78, 5) is 22.7. The molecule has 4 heteroatoms. The molecule has 1 aromatic carbocycles. The number of benzene rings is 1. The maximum atomic E-state index is 11.9. The smallest absolute Gasteiger partial charge is 0.305 e. The molecule has 0 spiro atoms. The van der Waals surface area contributed by atoms with Gasteiger partial charge in [-0.25, -0.2) is 0 Å². The average Bonchev–Trinajstić information content (AvgIpc) is 3.10. The van der Waals surface area contributed by atoms with Crippen LogP contribution in [0, 0.1) is 12.8 Å². The quantitative estimate of drug-likeness (QED) is 0.822. The molecule has 1 aromatic rings. The zero-order valence-corrected chi connectivity index (χ0v) is 11.1. The van der Waals surface area contributed by atoms with E-state index < -0.39 is 5.97 Å². The van der Waals surface area contributed by atoms with E-state index in [0.717, 1.165) is 24.0 Å². The van der Waals surface area contributed by atoms with Crippen molar-refractivity contribution in [3.8, 4) is 0 Å². The van der Waals surface area contributed by atoms with Crippen LogP contribution in [0.5, 0.6) is 0 Å². The van der Waals surface area contributed by atoms with Crippen molar-refractivity contribution < 1.29 is 14.7 Å². The van der Waals surface area contributed by atoms with E-state index in [1.54, 1.807) is 0 Å². The number of carboxylic acids is 1. The van der Waals surface area contributed by atoms with E-state index in [2.05, 4.69) is 5.32 Å². The van der Waals surface area contributed by atoms with Crippen molar-refractivity contribution in [3.05, 3.63) is 35.4 Å². The summed E-state index contributed by atoms with van der Waals surface area (Å²) in [5.74, 6) is -0.603. The van der Waals surface area contributed by atoms with Gasteiger partial charge in [0.1, 0.15) is 0 Å². The first-order chi connectivity index (χ1) is 9.04.